The molecule has 0 atom stereocenters. The van der Waals surface area contributed by atoms with Gasteiger partial charge in [0.1, 0.15) is 5.76 Å². The van der Waals surface area contributed by atoms with Crippen LogP contribution >= 0.6 is 0 Å². The summed E-state index contributed by atoms with van der Waals surface area (Å²) in [5.41, 5.74) is 1.64. The third-order valence-corrected chi connectivity index (χ3v) is 2.69. The number of benzene rings is 1. The van der Waals surface area contributed by atoms with E-state index in [-0.39, 0.29) is 12.5 Å². The molecular formula is C16H15NO4. The molecular weight excluding hydrogens is 270 g/mol. The van der Waals surface area contributed by atoms with Gasteiger partial charge in [0.25, 0.3) is 5.91 Å². The Hall–Kier alpha value is -2.82. The molecule has 0 saturated heterocycles. The first-order valence-corrected chi connectivity index (χ1v) is 6.39. The topological polar surface area (TPSA) is 68.5 Å². The Morgan fingerprint density at radius 1 is 1.24 bits per heavy atom. The molecule has 2 rings (SSSR count). The number of carbonyl (C=O) groups excluding carboxylic acids is 2. The number of aryl methyl sites for hydroxylation is 1. The molecule has 0 fully saturated rings. The molecule has 0 aliphatic carbocycles. The number of para-hydroxylation sites is 1. The van der Waals surface area contributed by atoms with Gasteiger partial charge in [0.05, 0.1) is 6.26 Å². The van der Waals surface area contributed by atoms with Crippen LogP contribution in [-0.4, -0.2) is 18.5 Å². The first-order valence-electron chi connectivity index (χ1n) is 6.39. The van der Waals surface area contributed by atoms with Gasteiger partial charge < -0.3 is 14.5 Å². The summed E-state index contributed by atoms with van der Waals surface area (Å²) in [6.07, 6.45) is 4.18. The number of hydrogen-bond acceptors (Lipinski definition) is 4. The minimum absolute atomic E-state index is 0.338. The molecule has 108 valence electrons. The Morgan fingerprint density at radius 2 is 2.05 bits per heavy atom. The fourth-order valence-electron chi connectivity index (χ4n) is 1.62. The lowest BCUT2D eigenvalue weighted by atomic mass is 10.2. The maximum atomic E-state index is 11.7. The lowest BCUT2D eigenvalue weighted by molar-refractivity contribution is -0.142. The summed E-state index contributed by atoms with van der Waals surface area (Å²) in [7, 11) is 0. The molecule has 5 heteroatoms. The van der Waals surface area contributed by atoms with Gasteiger partial charge in [-0.15, -0.1) is 0 Å². The number of anilines is 1. The Bertz CT molecular complexity index is 644. The molecule has 1 aromatic heterocycles. The molecule has 0 unspecified atom stereocenters. The van der Waals surface area contributed by atoms with Crippen molar-refractivity contribution in [1.82, 2.24) is 0 Å². The summed E-state index contributed by atoms with van der Waals surface area (Å²) in [5.74, 6) is -0.452. The number of hydrogen-bond donors (Lipinski definition) is 1. The molecule has 0 spiro atoms. The van der Waals surface area contributed by atoms with E-state index in [0.717, 1.165) is 5.56 Å². The van der Waals surface area contributed by atoms with Crippen molar-refractivity contribution in [3.05, 3.63) is 60.1 Å². The summed E-state index contributed by atoms with van der Waals surface area (Å²) in [4.78, 5) is 23.1. The number of ether oxygens (including phenoxy) is 1. The normalized spacial score (nSPS) is 10.5. The molecule has 1 N–H and O–H groups in total. The summed E-state index contributed by atoms with van der Waals surface area (Å²) in [6, 6.07) is 10.8. The molecule has 5 nitrogen and oxygen atoms in total. The van der Waals surface area contributed by atoms with Crippen molar-refractivity contribution in [1.29, 1.82) is 0 Å². The molecule has 0 bridgehead atoms. The van der Waals surface area contributed by atoms with Crippen LogP contribution in [0.1, 0.15) is 11.3 Å². The molecule has 0 aliphatic heterocycles. The average molecular weight is 285 g/mol. The van der Waals surface area contributed by atoms with Gasteiger partial charge in [0.15, 0.2) is 6.61 Å². The largest absolute Gasteiger partial charge is 0.465 e. The highest BCUT2D eigenvalue weighted by molar-refractivity contribution is 5.95. The van der Waals surface area contributed by atoms with Crippen molar-refractivity contribution in [3.63, 3.8) is 0 Å². The second-order valence-corrected chi connectivity index (χ2v) is 4.32. The molecule has 2 aromatic rings. The fourth-order valence-corrected chi connectivity index (χ4v) is 1.62. The first kappa shape index (κ1) is 14.6. The Labute approximate surface area is 122 Å². The van der Waals surface area contributed by atoms with Gasteiger partial charge in [0.2, 0.25) is 0 Å². The van der Waals surface area contributed by atoms with Gasteiger partial charge in [0, 0.05) is 11.8 Å². The maximum absolute atomic E-state index is 11.7. The summed E-state index contributed by atoms with van der Waals surface area (Å²) < 4.78 is 9.86. The summed E-state index contributed by atoms with van der Waals surface area (Å²) in [5, 5.41) is 2.68. The number of rotatable bonds is 5. The third-order valence-electron chi connectivity index (χ3n) is 2.69. The molecule has 21 heavy (non-hydrogen) atoms. The fraction of sp³-hybridized carbons (Fsp3) is 0.125. The van der Waals surface area contributed by atoms with Crippen molar-refractivity contribution in [3.8, 4) is 0 Å². The SMILES string of the molecule is Cc1ccccc1NC(=O)COC(=O)/C=C/c1ccco1. The van der Waals surface area contributed by atoms with E-state index in [1.54, 1.807) is 18.2 Å². The number of esters is 1. The van der Waals surface area contributed by atoms with Crippen molar-refractivity contribution in [2.45, 2.75) is 6.92 Å². The molecule has 0 radical (unpaired) electrons. The van der Waals surface area contributed by atoms with E-state index in [2.05, 4.69) is 5.32 Å². The Balaban J connectivity index is 1.79. The molecule has 1 amide bonds. The zero-order chi connectivity index (χ0) is 15.1. The zero-order valence-corrected chi connectivity index (χ0v) is 11.5. The van der Waals surface area contributed by atoms with Crippen LogP contribution in [0.5, 0.6) is 0 Å². The lowest BCUT2D eigenvalue weighted by Crippen LogP contribution is -2.20. The monoisotopic (exact) mass is 285 g/mol. The average Bonchev–Trinajstić information content (AvgIpc) is 2.99. The Morgan fingerprint density at radius 3 is 2.76 bits per heavy atom. The highest BCUT2D eigenvalue weighted by Crippen LogP contribution is 2.12. The van der Waals surface area contributed by atoms with Crippen LogP contribution in [0.3, 0.4) is 0 Å². The van der Waals surface area contributed by atoms with Crippen LogP contribution in [0.25, 0.3) is 6.08 Å². The van der Waals surface area contributed by atoms with Gasteiger partial charge in [-0.2, -0.15) is 0 Å². The minimum atomic E-state index is -0.605. The second kappa shape index (κ2) is 7.09. The van der Waals surface area contributed by atoms with Crippen LogP contribution in [0, 0.1) is 6.92 Å². The van der Waals surface area contributed by atoms with Gasteiger partial charge in [-0.3, -0.25) is 4.79 Å². The number of nitrogens with one attached hydrogen (secondary N) is 1. The minimum Gasteiger partial charge on any atom is -0.465 e. The quantitative estimate of drug-likeness (QED) is 0.677. The van der Waals surface area contributed by atoms with Crippen LogP contribution in [-0.2, 0) is 14.3 Å². The van der Waals surface area contributed by atoms with E-state index in [4.69, 9.17) is 9.15 Å². The van der Waals surface area contributed by atoms with Crippen LogP contribution in [0.2, 0.25) is 0 Å². The molecule has 0 saturated carbocycles. The standard InChI is InChI=1S/C16H15NO4/c1-12-5-2-3-7-14(12)17-15(18)11-21-16(19)9-8-13-6-4-10-20-13/h2-10H,11H2,1H3,(H,17,18)/b9-8+. The Kier molecular flexibility index (Phi) is 4.93. The highest BCUT2D eigenvalue weighted by Gasteiger charge is 2.06. The predicted octanol–water partition coefficient (Wildman–Crippen LogP) is 2.78. The van der Waals surface area contributed by atoms with Gasteiger partial charge in [-0.05, 0) is 36.8 Å². The van der Waals surface area contributed by atoms with Gasteiger partial charge in [-0.1, -0.05) is 18.2 Å². The highest BCUT2D eigenvalue weighted by atomic mass is 16.5. The zero-order valence-electron chi connectivity index (χ0n) is 11.5. The van der Waals surface area contributed by atoms with E-state index in [0.29, 0.717) is 11.4 Å². The third kappa shape index (κ3) is 4.65. The van der Waals surface area contributed by atoms with Crippen LogP contribution in [0.4, 0.5) is 5.69 Å². The lowest BCUT2D eigenvalue weighted by Gasteiger charge is -2.07. The van der Waals surface area contributed by atoms with E-state index in [1.165, 1.54) is 18.4 Å². The van der Waals surface area contributed by atoms with Crippen molar-refractivity contribution in [2.75, 3.05) is 11.9 Å². The second-order valence-electron chi connectivity index (χ2n) is 4.32. The van der Waals surface area contributed by atoms with E-state index < -0.39 is 5.97 Å². The van der Waals surface area contributed by atoms with E-state index in [9.17, 15) is 9.59 Å². The summed E-state index contributed by atoms with van der Waals surface area (Å²) >= 11 is 0. The maximum Gasteiger partial charge on any atom is 0.331 e. The first-order chi connectivity index (χ1) is 10.1. The van der Waals surface area contributed by atoms with Crippen LogP contribution in [0.15, 0.2) is 53.2 Å². The van der Waals surface area contributed by atoms with Crippen molar-refractivity contribution >= 4 is 23.6 Å². The predicted molar refractivity (Wildman–Crippen MR) is 78.5 cm³/mol. The smallest absolute Gasteiger partial charge is 0.331 e. The summed E-state index contributed by atoms with van der Waals surface area (Å²) in [6.45, 7) is 1.55. The van der Waals surface area contributed by atoms with Crippen molar-refractivity contribution < 1.29 is 18.7 Å². The van der Waals surface area contributed by atoms with Crippen molar-refractivity contribution in [2.24, 2.45) is 0 Å². The number of amides is 1. The molecule has 0 aliphatic rings. The van der Waals surface area contributed by atoms with Gasteiger partial charge >= 0.3 is 5.97 Å². The van der Waals surface area contributed by atoms with E-state index in [1.807, 2.05) is 25.1 Å². The molecule has 1 heterocycles. The number of furan rings is 1. The molecule has 1 aromatic carbocycles. The van der Waals surface area contributed by atoms with Gasteiger partial charge in [-0.25, -0.2) is 4.79 Å². The number of carbonyl (C=O) groups is 2. The van der Waals surface area contributed by atoms with Crippen LogP contribution < -0.4 is 5.32 Å². The van der Waals surface area contributed by atoms with E-state index >= 15 is 0 Å².